The quantitative estimate of drug-likeness (QED) is 0.518. The lowest BCUT2D eigenvalue weighted by Gasteiger charge is -2.26. The minimum absolute atomic E-state index is 0.0937. The highest BCUT2D eigenvalue weighted by Gasteiger charge is 2.38. The maximum Gasteiger partial charge on any atom is 0.411 e. The van der Waals surface area contributed by atoms with Gasteiger partial charge in [-0.3, -0.25) is 10.2 Å². The highest BCUT2D eigenvalue weighted by Crippen LogP contribution is 2.24. The number of hydrogen-bond donors (Lipinski definition) is 1. The molecule has 2 atom stereocenters. The Bertz CT molecular complexity index is 757. The summed E-state index contributed by atoms with van der Waals surface area (Å²) in [5, 5.41) is 2.78. The van der Waals surface area contributed by atoms with Crippen LogP contribution in [0, 0.1) is 0 Å². The minimum atomic E-state index is -0.548. The zero-order valence-corrected chi connectivity index (χ0v) is 16.9. The Labute approximate surface area is 172 Å². The maximum absolute atomic E-state index is 12.4. The molecule has 0 unspecified atom stereocenters. The van der Waals surface area contributed by atoms with Crippen molar-refractivity contribution < 1.29 is 19.1 Å². The monoisotopic (exact) mass is 480 g/mol. The molecule has 1 heterocycles. The third kappa shape index (κ3) is 5.59. The number of benzene rings is 2. The first-order chi connectivity index (χ1) is 13.1. The molecule has 2 aromatic rings. The van der Waals surface area contributed by atoms with Crippen LogP contribution < -0.4 is 5.32 Å². The third-order valence-electron chi connectivity index (χ3n) is 4.24. The number of alkyl halides is 1. The number of nitrogens with one attached hydrogen (secondary N) is 1. The fourth-order valence-electron chi connectivity index (χ4n) is 2.82. The summed E-state index contributed by atoms with van der Waals surface area (Å²) < 4.78 is 10.8. The van der Waals surface area contributed by atoms with Crippen molar-refractivity contribution in [2.75, 3.05) is 6.54 Å². The molecule has 3 rings (SSSR count). The minimum Gasteiger partial charge on any atom is -0.445 e. The molecule has 142 valence electrons. The Morgan fingerprint density at radius 3 is 2.11 bits per heavy atom. The van der Waals surface area contributed by atoms with Crippen LogP contribution in [0.1, 0.15) is 17.5 Å². The van der Waals surface area contributed by atoms with Crippen LogP contribution in [0.2, 0.25) is 0 Å². The Morgan fingerprint density at radius 2 is 1.52 bits per heavy atom. The molecule has 1 aliphatic rings. The van der Waals surface area contributed by atoms with Crippen LogP contribution in [0.3, 0.4) is 0 Å². The second kappa shape index (κ2) is 9.59. The number of likely N-dealkylation sites (tertiary alicyclic amines) is 1. The number of carbonyl (C=O) groups excluding carboxylic acids is 2. The molecule has 0 saturated carbocycles. The number of rotatable bonds is 5. The van der Waals surface area contributed by atoms with Crippen molar-refractivity contribution in [2.24, 2.45) is 0 Å². The van der Waals surface area contributed by atoms with Gasteiger partial charge in [0.1, 0.15) is 19.4 Å². The second-order valence-electron chi connectivity index (χ2n) is 6.19. The first-order valence-electron chi connectivity index (χ1n) is 8.72. The van der Waals surface area contributed by atoms with Crippen LogP contribution in [-0.2, 0) is 22.7 Å². The lowest BCUT2D eigenvalue weighted by atomic mass is 10.2. The maximum atomic E-state index is 12.4. The highest BCUT2D eigenvalue weighted by molar-refractivity contribution is 14.1. The van der Waals surface area contributed by atoms with Gasteiger partial charge in [0, 0.05) is 6.54 Å². The summed E-state index contributed by atoms with van der Waals surface area (Å²) in [5.74, 6) is 0. The van der Waals surface area contributed by atoms with Gasteiger partial charge in [-0.25, -0.2) is 9.59 Å². The van der Waals surface area contributed by atoms with Gasteiger partial charge >= 0.3 is 12.2 Å². The van der Waals surface area contributed by atoms with E-state index in [0.29, 0.717) is 6.54 Å². The van der Waals surface area contributed by atoms with Crippen LogP contribution in [0.15, 0.2) is 60.7 Å². The van der Waals surface area contributed by atoms with Gasteiger partial charge in [-0.2, -0.15) is 0 Å². The molecule has 2 amide bonds. The normalized spacial score (nSPS) is 18.8. The van der Waals surface area contributed by atoms with E-state index in [-0.39, 0.29) is 17.1 Å². The fourth-order valence-corrected chi connectivity index (χ4v) is 3.66. The summed E-state index contributed by atoms with van der Waals surface area (Å²) in [6.07, 6.45) is -0.651. The smallest absolute Gasteiger partial charge is 0.411 e. The summed E-state index contributed by atoms with van der Waals surface area (Å²) in [5.41, 5.74) is 1.83. The first kappa shape index (κ1) is 19.5. The molecule has 0 bridgehead atoms. The van der Waals surface area contributed by atoms with Gasteiger partial charge < -0.3 is 9.47 Å². The molecule has 0 aromatic heterocycles. The van der Waals surface area contributed by atoms with E-state index in [9.17, 15) is 9.59 Å². The Morgan fingerprint density at radius 1 is 0.963 bits per heavy atom. The predicted octanol–water partition coefficient (Wildman–Crippen LogP) is 4.09. The van der Waals surface area contributed by atoms with E-state index in [4.69, 9.17) is 9.47 Å². The molecule has 1 N–H and O–H groups in total. The van der Waals surface area contributed by atoms with Crippen molar-refractivity contribution in [1.82, 2.24) is 10.2 Å². The molecule has 1 fully saturated rings. The summed E-state index contributed by atoms with van der Waals surface area (Å²) >= 11 is 2.24. The van der Waals surface area contributed by atoms with Gasteiger partial charge in [-0.05, 0) is 17.5 Å². The van der Waals surface area contributed by atoms with Crippen LogP contribution in [-0.4, -0.2) is 33.7 Å². The topological polar surface area (TPSA) is 67.9 Å². The fraction of sp³-hybridized carbons (Fsp3) is 0.300. The lowest BCUT2D eigenvalue weighted by molar-refractivity contribution is 0.0827. The van der Waals surface area contributed by atoms with E-state index in [1.807, 2.05) is 60.7 Å². The van der Waals surface area contributed by atoms with Crippen molar-refractivity contribution in [3.05, 3.63) is 71.8 Å². The van der Waals surface area contributed by atoms with Gasteiger partial charge in [0.25, 0.3) is 0 Å². The van der Waals surface area contributed by atoms with E-state index in [1.54, 1.807) is 4.90 Å². The number of amides is 2. The van der Waals surface area contributed by atoms with E-state index < -0.39 is 18.4 Å². The van der Waals surface area contributed by atoms with Gasteiger partial charge in [0.15, 0.2) is 0 Å². The molecule has 1 saturated heterocycles. The standard InChI is InChI=1S/C20H21IN2O4/c21-17-11-12-23(20(25)27-14-16-9-5-2-6-10-16)18(17)22-19(24)26-13-15-7-3-1-4-8-15/h1-10,17-18H,11-14H2,(H,22,24)/t17-,18-/m1/s1. The zero-order chi connectivity index (χ0) is 19.1. The van der Waals surface area contributed by atoms with Crippen molar-refractivity contribution in [3.63, 3.8) is 0 Å². The second-order valence-corrected chi connectivity index (χ2v) is 7.79. The van der Waals surface area contributed by atoms with E-state index in [1.165, 1.54) is 0 Å². The summed E-state index contributed by atoms with van der Waals surface area (Å²) in [6.45, 7) is 0.919. The van der Waals surface area contributed by atoms with Crippen LogP contribution in [0.25, 0.3) is 0 Å². The highest BCUT2D eigenvalue weighted by atomic mass is 127. The average molecular weight is 480 g/mol. The molecule has 6 nitrogen and oxygen atoms in total. The molecule has 0 radical (unpaired) electrons. The lowest BCUT2D eigenvalue weighted by Crippen LogP contribution is -2.50. The third-order valence-corrected chi connectivity index (χ3v) is 5.55. The van der Waals surface area contributed by atoms with Gasteiger partial charge in [0.05, 0.1) is 3.92 Å². The predicted molar refractivity (Wildman–Crippen MR) is 109 cm³/mol. The number of hydrogen-bond acceptors (Lipinski definition) is 4. The van der Waals surface area contributed by atoms with Crippen molar-refractivity contribution in [1.29, 1.82) is 0 Å². The molecule has 27 heavy (non-hydrogen) atoms. The Kier molecular flexibility index (Phi) is 6.92. The van der Waals surface area contributed by atoms with Crippen LogP contribution >= 0.6 is 22.6 Å². The number of carbonyl (C=O) groups is 2. The molecule has 0 aliphatic carbocycles. The Hall–Kier alpha value is -2.29. The largest absolute Gasteiger partial charge is 0.445 e. The van der Waals surface area contributed by atoms with Gasteiger partial charge in [-0.15, -0.1) is 0 Å². The first-order valence-corrected chi connectivity index (χ1v) is 9.96. The number of halogens is 1. The van der Waals surface area contributed by atoms with Crippen molar-refractivity contribution >= 4 is 34.8 Å². The van der Waals surface area contributed by atoms with E-state index >= 15 is 0 Å². The summed E-state index contributed by atoms with van der Waals surface area (Å²) in [7, 11) is 0. The number of ether oxygens (including phenoxy) is 2. The molecule has 1 aliphatic heterocycles. The number of alkyl carbamates (subject to hydrolysis) is 1. The summed E-state index contributed by atoms with van der Waals surface area (Å²) in [6, 6.07) is 19.0. The van der Waals surface area contributed by atoms with Crippen molar-refractivity contribution in [2.45, 2.75) is 29.7 Å². The molecular weight excluding hydrogens is 459 g/mol. The van der Waals surface area contributed by atoms with E-state index in [2.05, 4.69) is 27.9 Å². The Balaban J connectivity index is 1.51. The van der Waals surface area contributed by atoms with Crippen LogP contribution in [0.4, 0.5) is 9.59 Å². The summed E-state index contributed by atoms with van der Waals surface area (Å²) in [4.78, 5) is 26.1. The average Bonchev–Trinajstić information content (AvgIpc) is 3.06. The molecule has 7 heteroatoms. The number of nitrogens with zero attached hydrogens (tertiary/aromatic N) is 1. The van der Waals surface area contributed by atoms with Crippen molar-refractivity contribution in [3.8, 4) is 0 Å². The van der Waals surface area contributed by atoms with E-state index in [0.717, 1.165) is 17.5 Å². The van der Waals surface area contributed by atoms with Crippen LogP contribution in [0.5, 0.6) is 0 Å². The zero-order valence-electron chi connectivity index (χ0n) is 14.7. The molecule has 2 aromatic carbocycles. The molecule has 0 spiro atoms. The van der Waals surface area contributed by atoms with Gasteiger partial charge in [0.2, 0.25) is 0 Å². The SMILES string of the molecule is O=C(N[C@H]1[C@H](I)CCN1C(=O)OCc1ccccc1)OCc1ccccc1. The molecular formula is C20H21IN2O4. The van der Waals surface area contributed by atoms with Gasteiger partial charge in [-0.1, -0.05) is 83.3 Å².